The highest BCUT2D eigenvalue weighted by Crippen LogP contribution is 2.16. The minimum absolute atomic E-state index is 0.0117. The first-order valence-corrected chi connectivity index (χ1v) is 7.79. The van der Waals surface area contributed by atoms with Crippen LogP contribution in [0.5, 0.6) is 0 Å². The standard InChI is InChI=1S/C14H20ClNO2S/c1-10(7-17)8-19-9-14(18)16-11(2)12-3-5-13(15)6-4-12/h3-6,10-11,17H,7-9H2,1-2H3,(H,16,18). The van der Waals surface area contributed by atoms with Crippen LogP contribution < -0.4 is 5.32 Å². The van der Waals surface area contributed by atoms with Gasteiger partial charge in [-0.2, -0.15) is 11.8 Å². The summed E-state index contributed by atoms with van der Waals surface area (Å²) in [6.45, 7) is 4.07. The van der Waals surface area contributed by atoms with Gasteiger partial charge in [0.2, 0.25) is 5.91 Å². The third kappa shape index (κ3) is 6.32. The summed E-state index contributed by atoms with van der Waals surface area (Å²) in [4.78, 5) is 11.7. The molecule has 0 aliphatic rings. The smallest absolute Gasteiger partial charge is 0.230 e. The van der Waals surface area contributed by atoms with Crippen molar-refractivity contribution in [1.29, 1.82) is 0 Å². The molecule has 0 aliphatic carbocycles. The molecule has 0 fully saturated rings. The Bertz CT molecular complexity index is 397. The van der Waals surface area contributed by atoms with Crippen LogP contribution in [0.25, 0.3) is 0 Å². The molecule has 0 spiro atoms. The van der Waals surface area contributed by atoms with Gasteiger partial charge < -0.3 is 10.4 Å². The summed E-state index contributed by atoms with van der Waals surface area (Å²) < 4.78 is 0. The monoisotopic (exact) mass is 301 g/mol. The molecule has 0 bridgehead atoms. The third-order valence-corrected chi connectivity index (χ3v) is 4.22. The molecule has 0 aliphatic heterocycles. The molecule has 3 nitrogen and oxygen atoms in total. The fourth-order valence-corrected chi connectivity index (χ4v) is 2.54. The Morgan fingerprint density at radius 3 is 2.58 bits per heavy atom. The van der Waals surface area contributed by atoms with E-state index in [2.05, 4.69) is 5.32 Å². The molecule has 19 heavy (non-hydrogen) atoms. The topological polar surface area (TPSA) is 49.3 Å². The van der Waals surface area contributed by atoms with Gasteiger partial charge in [0.15, 0.2) is 0 Å². The molecule has 0 heterocycles. The molecule has 1 amide bonds. The number of halogens is 1. The van der Waals surface area contributed by atoms with E-state index in [1.54, 1.807) is 11.8 Å². The number of aliphatic hydroxyl groups excluding tert-OH is 1. The van der Waals surface area contributed by atoms with E-state index < -0.39 is 0 Å². The lowest BCUT2D eigenvalue weighted by Crippen LogP contribution is -2.28. The third-order valence-electron chi connectivity index (χ3n) is 2.69. The van der Waals surface area contributed by atoms with Crippen LogP contribution >= 0.6 is 23.4 Å². The molecular formula is C14H20ClNO2S. The Balaban J connectivity index is 2.33. The number of carbonyl (C=O) groups is 1. The van der Waals surface area contributed by atoms with E-state index in [9.17, 15) is 4.79 Å². The van der Waals surface area contributed by atoms with Crippen LogP contribution in [-0.2, 0) is 4.79 Å². The van der Waals surface area contributed by atoms with Gasteiger partial charge in [-0.05, 0) is 36.3 Å². The van der Waals surface area contributed by atoms with Crippen molar-refractivity contribution in [2.75, 3.05) is 18.1 Å². The van der Waals surface area contributed by atoms with E-state index in [0.29, 0.717) is 10.8 Å². The van der Waals surface area contributed by atoms with E-state index >= 15 is 0 Å². The number of carbonyl (C=O) groups excluding carboxylic acids is 1. The largest absolute Gasteiger partial charge is 0.396 e. The van der Waals surface area contributed by atoms with E-state index in [-0.39, 0.29) is 24.5 Å². The number of benzene rings is 1. The van der Waals surface area contributed by atoms with Crippen LogP contribution in [0.4, 0.5) is 0 Å². The Morgan fingerprint density at radius 2 is 2.00 bits per heavy atom. The predicted octanol–water partition coefficient (Wildman–Crippen LogP) is 2.88. The maximum atomic E-state index is 11.7. The summed E-state index contributed by atoms with van der Waals surface area (Å²) in [5.41, 5.74) is 1.03. The van der Waals surface area contributed by atoms with Gasteiger partial charge in [-0.25, -0.2) is 0 Å². The van der Waals surface area contributed by atoms with Gasteiger partial charge in [0.25, 0.3) is 0 Å². The molecule has 1 aromatic carbocycles. The first-order chi connectivity index (χ1) is 9.02. The van der Waals surface area contributed by atoms with E-state index in [1.807, 2.05) is 38.1 Å². The quantitative estimate of drug-likeness (QED) is 0.814. The van der Waals surface area contributed by atoms with Crippen molar-refractivity contribution in [2.45, 2.75) is 19.9 Å². The zero-order valence-corrected chi connectivity index (χ0v) is 12.8. The molecule has 2 N–H and O–H groups in total. The average molecular weight is 302 g/mol. The van der Waals surface area contributed by atoms with Crippen LogP contribution in [-0.4, -0.2) is 29.1 Å². The first-order valence-electron chi connectivity index (χ1n) is 6.26. The van der Waals surface area contributed by atoms with Crippen molar-refractivity contribution in [3.63, 3.8) is 0 Å². The number of hydrogen-bond acceptors (Lipinski definition) is 3. The summed E-state index contributed by atoms with van der Waals surface area (Å²) in [5.74, 6) is 1.45. The number of thioether (sulfide) groups is 1. The van der Waals surface area contributed by atoms with Crippen molar-refractivity contribution in [1.82, 2.24) is 5.32 Å². The van der Waals surface area contributed by atoms with Gasteiger partial charge in [-0.3, -0.25) is 4.79 Å². The normalized spacial score (nSPS) is 13.9. The molecule has 1 rings (SSSR count). The minimum Gasteiger partial charge on any atom is -0.396 e. The number of rotatable bonds is 7. The van der Waals surface area contributed by atoms with Crippen molar-refractivity contribution >= 4 is 29.3 Å². The fourth-order valence-electron chi connectivity index (χ4n) is 1.52. The fraction of sp³-hybridized carbons (Fsp3) is 0.500. The van der Waals surface area contributed by atoms with Gasteiger partial charge in [-0.1, -0.05) is 30.7 Å². The van der Waals surface area contributed by atoms with E-state index in [1.165, 1.54) is 0 Å². The number of hydrogen-bond donors (Lipinski definition) is 2. The molecule has 0 radical (unpaired) electrons. The van der Waals surface area contributed by atoms with Crippen molar-refractivity contribution in [3.05, 3.63) is 34.9 Å². The zero-order valence-electron chi connectivity index (χ0n) is 11.2. The molecular weight excluding hydrogens is 282 g/mol. The minimum atomic E-state index is -0.0272. The lowest BCUT2D eigenvalue weighted by atomic mass is 10.1. The molecule has 106 valence electrons. The first kappa shape index (κ1) is 16.3. The SMILES string of the molecule is CC(CO)CSCC(=O)NC(C)c1ccc(Cl)cc1. The van der Waals surface area contributed by atoms with Crippen molar-refractivity contribution in [2.24, 2.45) is 5.92 Å². The second-order valence-electron chi connectivity index (χ2n) is 4.64. The van der Waals surface area contributed by atoms with Gasteiger partial charge in [0.05, 0.1) is 11.8 Å². The molecule has 5 heteroatoms. The van der Waals surface area contributed by atoms with Gasteiger partial charge in [-0.15, -0.1) is 0 Å². The van der Waals surface area contributed by atoms with Gasteiger partial charge in [0.1, 0.15) is 0 Å². The second kappa shape index (κ2) is 8.46. The highest BCUT2D eigenvalue weighted by molar-refractivity contribution is 7.99. The van der Waals surface area contributed by atoms with Crippen molar-refractivity contribution in [3.8, 4) is 0 Å². The Morgan fingerprint density at radius 1 is 1.37 bits per heavy atom. The second-order valence-corrected chi connectivity index (χ2v) is 6.11. The molecule has 2 unspecified atom stereocenters. The van der Waals surface area contributed by atoms with Gasteiger partial charge >= 0.3 is 0 Å². The zero-order chi connectivity index (χ0) is 14.3. The number of amides is 1. The highest BCUT2D eigenvalue weighted by Gasteiger charge is 2.10. The van der Waals surface area contributed by atoms with E-state index in [0.717, 1.165) is 11.3 Å². The molecule has 0 saturated carbocycles. The number of nitrogens with one attached hydrogen (secondary N) is 1. The summed E-state index contributed by atoms with van der Waals surface area (Å²) in [5, 5.41) is 12.5. The van der Waals surface area contributed by atoms with Crippen LogP contribution in [0.1, 0.15) is 25.5 Å². The molecule has 0 aromatic heterocycles. The lowest BCUT2D eigenvalue weighted by Gasteiger charge is -2.14. The molecule has 0 saturated heterocycles. The van der Waals surface area contributed by atoms with Crippen LogP contribution in [0.3, 0.4) is 0 Å². The average Bonchev–Trinajstić information content (AvgIpc) is 2.39. The Hall–Kier alpha value is -0.710. The summed E-state index contributed by atoms with van der Waals surface area (Å²) in [7, 11) is 0. The maximum Gasteiger partial charge on any atom is 0.230 e. The van der Waals surface area contributed by atoms with Crippen LogP contribution in [0.2, 0.25) is 5.02 Å². The summed E-state index contributed by atoms with van der Waals surface area (Å²) in [6.07, 6.45) is 0. The van der Waals surface area contributed by atoms with Crippen molar-refractivity contribution < 1.29 is 9.90 Å². The molecule has 2 atom stereocenters. The van der Waals surface area contributed by atoms with Crippen LogP contribution in [0.15, 0.2) is 24.3 Å². The Labute approximate surface area is 123 Å². The maximum absolute atomic E-state index is 11.7. The van der Waals surface area contributed by atoms with Gasteiger partial charge in [0, 0.05) is 11.6 Å². The summed E-state index contributed by atoms with van der Waals surface area (Å²) >= 11 is 7.36. The number of aliphatic hydroxyl groups is 1. The lowest BCUT2D eigenvalue weighted by molar-refractivity contribution is -0.119. The predicted molar refractivity (Wildman–Crippen MR) is 81.6 cm³/mol. The molecule has 1 aromatic rings. The van der Waals surface area contributed by atoms with Crippen LogP contribution in [0, 0.1) is 5.92 Å². The van der Waals surface area contributed by atoms with E-state index in [4.69, 9.17) is 16.7 Å². The Kier molecular flexibility index (Phi) is 7.28. The highest BCUT2D eigenvalue weighted by atomic mass is 35.5. The summed E-state index contributed by atoms with van der Waals surface area (Å²) in [6, 6.07) is 7.43.